The minimum atomic E-state index is -0.993. The van der Waals surface area contributed by atoms with Crippen molar-refractivity contribution in [1.82, 2.24) is 15.1 Å². The number of aromatic nitrogens is 2. The second-order valence-corrected chi connectivity index (χ2v) is 5.22. The van der Waals surface area contributed by atoms with Crippen LogP contribution in [0.2, 0.25) is 0 Å². The molecule has 6 heteroatoms. The number of carbonyl (C=O) groups is 2. The summed E-state index contributed by atoms with van der Waals surface area (Å²) in [7, 11) is 1.82. The molecular formula is C14H23N3O3. The first-order valence-corrected chi connectivity index (χ1v) is 6.79. The van der Waals surface area contributed by atoms with E-state index in [9.17, 15) is 14.7 Å². The lowest BCUT2D eigenvalue weighted by atomic mass is 9.99. The highest BCUT2D eigenvalue weighted by Crippen LogP contribution is 2.13. The Labute approximate surface area is 119 Å². The predicted octanol–water partition coefficient (Wildman–Crippen LogP) is 1.19. The molecule has 0 radical (unpaired) electrons. The molecule has 112 valence electrons. The molecule has 1 aromatic heterocycles. The highest BCUT2D eigenvalue weighted by atomic mass is 16.4. The summed E-state index contributed by atoms with van der Waals surface area (Å²) >= 11 is 0. The van der Waals surface area contributed by atoms with E-state index >= 15 is 0 Å². The van der Waals surface area contributed by atoms with Gasteiger partial charge < -0.3 is 10.4 Å². The number of carboxylic acid groups (broad SMARTS) is 1. The summed E-state index contributed by atoms with van der Waals surface area (Å²) in [6.07, 6.45) is 0.855. The zero-order valence-electron chi connectivity index (χ0n) is 12.7. The minimum absolute atomic E-state index is 0.104. The fourth-order valence-electron chi connectivity index (χ4n) is 2.14. The van der Waals surface area contributed by atoms with Gasteiger partial charge in [0.05, 0.1) is 12.1 Å². The molecule has 2 N–H and O–H groups in total. The SMILES string of the molecule is CCC(C)[C@H](NC(=O)Cc1c(C)nn(C)c1C)C(=O)O. The van der Waals surface area contributed by atoms with E-state index in [-0.39, 0.29) is 18.2 Å². The molecule has 20 heavy (non-hydrogen) atoms. The summed E-state index contributed by atoms with van der Waals surface area (Å²) in [5, 5.41) is 16.0. The normalized spacial score (nSPS) is 13.8. The van der Waals surface area contributed by atoms with Gasteiger partial charge in [-0.2, -0.15) is 5.10 Å². The Hall–Kier alpha value is -1.85. The first-order valence-electron chi connectivity index (χ1n) is 6.79. The number of aliphatic carboxylic acids is 1. The van der Waals surface area contributed by atoms with E-state index in [1.54, 1.807) is 4.68 Å². The van der Waals surface area contributed by atoms with Crippen LogP contribution >= 0.6 is 0 Å². The fraction of sp³-hybridized carbons (Fsp3) is 0.643. The van der Waals surface area contributed by atoms with Crippen LogP contribution in [0.3, 0.4) is 0 Å². The van der Waals surface area contributed by atoms with Gasteiger partial charge in [-0.15, -0.1) is 0 Å². The number of hydrogen-bond acceptors (Lipinski definition) is 3. The van der Waals surface area contributed by atoms with Crippen LogP contribution in [-0.4, -0.2) is 32.8 Å². The lowest BCUT2D eigenvalue weighted by Crippen LogP contribution is -2.45. The van der Waals surface area contributed by atoms with Crippen molar-refractivity contribution in [2.24, 2.45) is 13.0 Å². The van der Waals surface area contributed by atoms with Crippen molar-refractivity contribution >= 4 is 11.9 Å². The quantitative estimate of drug-likeness (QED) is 0.820. The average Bonchev–Trinajstić information content (AvgIpc) is 2.61. The summed E-state index contributed by atoms with van der Waals surface area (Å²) in [6, 6.07) is -0.843. The molecule has 0 bridgehead atoms. The van der Waals surface area contributed by atoms with Crippen molar-refractivity contribution in [3.05, 3.63) is 17.0 Å². The summed E-state index contributed by atoms with van der Waals surface area (Å²) < 4.78 is 1.72. The van der Waals surface area contributed by atoms with Crippen molar-refractivity contribution in [2.45, 2.75) is 46.6 Å². The molecular weight excluding hydrogens is 258 g/mol. The molecule has 1 unspecified atom stereocenters. The number of nitrogens with zero attached hydrogens (tertiary/aromatic N) is 2. The molecule has 0 aromatic carbocycles. The first-order chi connectivity index (χ1) is 9.27. The van der Waals surface area contributed by atoms with Gasteiger partial charge in [-0.1, -0.05) is 20.3 Å². The number of aryl methyl sites for hydroxylation is 2. The standard InChI is InChI=1S/C14H23N3O3/c1-6-8(2)13(14(19)20)15-12(18)7-11-9(3)16-17(5)10(11)4/h8,13H,6-7H2,1-5H3,(H,15,18)(H,19,20)/t8?,13-/m0/s1. The highest BCUT2D eigenvalue weighted by molar-refractivity contribution is 5.85. The molecule has 0 spiro atoms. The van der Waals surface area contributed by atoms with E-state index in [1.165, 1.54) is 0 Å². The van der Waals surface area contributed by atoms with Gasteiger partial charge in [0.1, 0.15) is 6.04 Å². The third-order valence-electron chi connectivity index (χ3n) is 3.79. The minimum Gasteiger partial charge on any atom is -0.480 e. The highest BCUT2D eigenvalue weighted by Gasteiger charge is 2.26. The van der Waals surface area contributed by atoms with Gasteiger partial charge in [0, 0.05) is 18.3 Å². The predicted molar refractivity (Wildman–Crippen MR) is 75.4 cm³/mol. The largest absolute Gasteiger partial charge is 0.480 e. The summed E-state index contributed by atoms with van der Waals surface area (Å²) in [6.45, 7) is 7.47. The van der Waals surface area contributed by atoms with Crippen LogP contribution < -0.4 is 5.32 Å². The van der Waals surface area contributed by atoms with Gasteiger partial charge in [-0.3, -0.25) is 9.48 Å². The molecule has 0 saturated carbocycles. The van der Waals surface area contributed by atoms with Crippen LogP contribution in [-0.2, 0) is 23.1 Å². The van der Waals surface area contributed by atoms with Crippen LogP contribution in [0.1, 0.15) is 37.2 Å². The zero-order valence-corrected chi connectivity index (χ0v) is 12.7. The van der Waals surface area contributed by atoms with Crippen LogP contribution in [0.25, 0.3) is 0 Å². The second kappa shape index (κ2) is 6.54. The summed E-state index contributed by atoms with van der Waals surface area (Å²) in [4.78, 5) is 23.2. The van der Waals surface area contributed by atoms with Crippen molar-refractivity contribution in [2.75, 3.05) is 0 Å². The molecule has 1 heterocycles. The van der Waals surface area contributed by atoms with Crippen molar-refractivity contribution in [3.8, 4) is 0 Å². The Bertz CT molecular complexity index is 508. The fourth-order valence-corrected chi connectivity index (χ4v) is 2.14. The van der Waals surface area contributed by atoms with E-state index in [0.29, 0.717) is 6.42 Å². The zero-order chi connectivity index (χ0) is 15.4. The number of carboxylic acids is 1. The first kappa shape index (κ1) is 16.2. The molecule has 0 aliphatic rings. The Morgan fingerprint density at radius 2 is 2.00 bits per heavy atom. The number of hydrogen-bond donors (Lipinski definition) is 2. The van der Waals surface area contributed by atoms with Gasteiger partial charge in [0.15, 0.2) is 0 Å². The topological polar surface area (TPSA) is 84.2 Å². The van der Waals surface area contributed by atoms with Crippen LogP contribution in [0.4, 0.5) is 0 Å². The van der Waals surface area contributed by atoms with Crippen LogP contribution in [0.5, 0.6) is 0 Å². The number of carbonyl (C=O) groups excluding carboxylic acids is 1. The molecule has 0 saturated heterocycles. The Kier molecular flexibility index (Phi) is 5.30. The monoisotopic (exact) mass is 281 g/mol. The van der Waals surface area contributed by atoms with E-state index in [2.05, 4.69) is 10.4 Å². The lowest BCUT2D eigenvalue weighted by Gasteiger charge is -2.20. The Balaban J connectivity index is 2.78. The van der Waals surface area contributed by atoms with Crippen LogP contribution in [0.15, 0.2) is 0 Å². The number of amides is 1. The number of rotatable bonds is 6. The summed E-state index contributed by atoms with van der Waals surface area (Å²) in [5.41, 5.74) is 2.59. The molecule has 1 rings (SSSR count). The van der Waals surface area contributed by atoms with E-state index in [0.717, 1.165) is 17.0 Å². The van der Waals surface area contributed by atoms with E-state index in [4.69, 9.17) is 0 Å². The molecule has 2 atom stereocenters. The average molecular weight is 281 g/mol. The van der Waals surface area contributed by atoms with Gasteiger partial charge in [-0.05, 0) is 19.8 Å². The van der Waals surface area contributed by atoms with E-state index < -0.39 is 12.0 Å². The summed E-state index contributed by atoms with van der Waals surface area (Å²) in [5.74, 6) is -1.38. The molecule has 6 nitrogen and oxygen atoms in total. The van der Waals surface area contributed by atoms with Crippen molar-refractivity contribution in [3.63, 3.8) is 0 Å². The number of nitrogens with one attached hydrogen (secondary N) is 1. The van der Waals surface area contributed by atoms with Gasteiger partial charge in [-0.25, -0.2) is 4.79 Å². The molecule has 0 aliphatic carbocycles. The maximum atomic E-state index is 12.0. The van der Waals surface area contributed by atoms with Crippen molar-refractivity contribution in [1.29, 1.82) is 0 Å². The van der Waals surface area contributed by atoms with Crippen molar-refractivity contribution < 1.29 is 14.7 Å². The Morgan fingerprint density at radius 3 is 2.40 bits per heavy atom. The smallest absolute Gasteiger partial charge is 0.326 e. The lowest BCUT2D eigenvalue weighted by molar-refractivity contribution is -0.143. The second-order valence-electron chi connectivity index (χ2n) is 5.22. The maximum absolute atomic E-state index is 12.0. The third-order valence-corrected chi connectivity index (χ3v) is 3.79. The van der Waals surface area contributed by atoms with Gasteiger partial charge >= 0.3 is 5.97 Å². The van der Waals surface area contributed by atoms with Gasteiger partial charge in [0.2, 0.25) is 5.91 Å². The molecule has 1 amide bonds. The van der Waals surface area contributed by atoms with Gasteiger partial charge in [0.25, 0.3) is 0 Å². The Morgan fingerprint density at radius 1 is 1.40 bits per heavy atom. The molecule has 0 fully saturated rings. The third kappa shape index (κ3) is 3.59. The van der Waals surface area contributed by atoms with Crippen LogP contribution in [0, 0.1) is 19.8 Å². The molecule has 0 aliphatic heterocycles. The molecule has 1 aromatic rings. The maximum Gasteiger partial charge on any atom is 0.326 e. The van der Waals surface area contributed by atoms with E-state index in [1.807, 2.05) is 34.7 Å².